The maximum Gasteiger partial charge on any atom is 0.253 e. The van der Waals surface area contributed by atoms with E-state index in [2.05, 4.69) is 10.4 Å². The number of rotatable bonds is 7. The molecule has 0 unspecified atom stereocenters. The summed E-state index contributed by atoms with van der Waals surface area (Å²) in [5.74, 6) is 0.764. The van der Waals surface area contributed by atoms with Gasteiger partial charge in [0.05, 0.1) is 24.9 Å². The Balaban J connectivity index is 1.24. The van der Waals surface area contributed by atoms with Crippen molar-refractivity contribution in [1.82, 2.24) is 20.0 Å². The minimum atomic E-state index is -0.0195. The normalized spacial score (nSPS) is 14.2. The Labute approximate surface area is 188 Å². The molecular formula is C25H28N4O3. The first kappa shape index (κ1) is 21.6. The lowest BCUT2D eigenvalue weighted by molar-refractivity contribution is -0.121. The fourth-order valence-electron chi connectivity index (χ4n) is 3.91. The first-order chi connectivity index (χ1) is 15.6. The van der Waals surface area contributed by atoms with Crippen molar-refractivity contribution < 1.29 is 14.3 Å². The van der Waals surface area contributed by atoms with Crippen LogP contribution in [0, 0.1) is 0 Å². The molecule has 1 aliphatic rings. The van der Waals surface area contributed by atoms with Gasteiger partial charge in [-0.1, -0.05) is 18.2 Å². The van der Waals surface area contributed by atoms with Gasteiger partial charge in [-0.3, -0.25) is 9.59 Å². The van der Waals surface area contributed by atoms with Crippen LogP contribution in [-0.2, 0) is 11.2 Å². The highest BCUT2D eigenvalue weighted by Gasteiger charge is 2.24. The molecule has 0 spiro atoms. The van der Waals surface area contributed by atoms with E-state index in [-0.39, 0.29) is 24.3 Å². The molecule has 2 heterocycles. The number of nitrogens with one attached hydrogen (secondary N) is 1. The number of likely N-dealkylation sites (tertiary alicyclic amines) is 1. The van der Waals surface area contributed by atoms with Gasteiger partial charge in [0.2, 0.25) is 5.91 Å². The van der Waals surface area contributed by atoms with Crippen molar-refractivity contribution in [1.29, 1.82) is 0 Å². The Morgan fingerprint density at radius 1 is 1.06 bits per heavy atom. The van der Waals surface area contributed by atoms with Crippen molar-refractivity contribution in [2.75, 3.05) is 19.7 Å². The lowest BCUT2D eigenvalue weighted by Gasteiger charge is -2.32. The Morgan fingerprint density at radius 3 is 2.47 bits per heavy atom. The molecule has 1 saturated heterocycles. The summed E-state index contributed by atoms with van der Waals surface area (Å²) in [5.41, 5.74) is 2.49. The molecule has 32 heavy (non-hydrogen) atoms. The lowest BCUT2D eigenvalue weighted by Crippen LogP contribution is -2.46. The summed E-state index contributed by atoms with van der Waals surface area (Å²) in [6.07, 6.45) is 5.39. The van der Waals surface area contributed by atoms with Crippen LogP contribution in [0.3, 0.4) is 0 Å². The van der Waals surface area contributed by atoms with E-state index in [0.29, 0.717) is 25.3 Å². The topological polar surface area (TPSA) is 76.5 Å². The number of carbonyl (C=O) groups excluding carboxylic acids is 2. The molecule has 2 aromatic carbocycles. The minimum absolute atomic E-state index is 0.0195. The highest BCUT2D eigenvalue weighted by molar-refractivity contribution is 5.94. The number of aromatic nitrogens is 2. The maximum atomic E-state index is 12.7. The van der Waals surface area contributed by atoms with Gasteiger partial charge in [0.15, 0.2) is 0 Å². The fourth-order valence-corrected chi connectivity index (χ4v) is 3.91. The van der Waals surface area contributed by atoms with Crippen molar-refractivity contribution in [3.05, 3.63) is 78.1 Å². The van der Waals surface area contributed by atoms with Crippen molar-refractivity contribution in [3.63, 3.8) is 0 Å². The van der Waals surface area contributed by atoms with Crippen LogP contribution in [0.4, 0.5) is 0 Å². The molecule has 3 aromatic rings. The molecule has 0 atom stereocenters. The number of nitrogens with zero attached hydrogens (tertiary/aromatic N) is 3. The van der Waals surface area contributed by atoms with Gasteiger partial charge >= 0.3 is 0 Å². The van der Waals surface area contributed by atoms with Gasteiger partial charge in [-0.25, -0.2) is 4.68 Å². The third kappa shape index (κ3) is 5.35. The van der Waals surface area contributed by atoms with Crippen LogP contribution in [0.5, 0.6) is 5.75 Å². The van der Waals surface area contributed by atoms with Crippen LogP contribution in [0.25, 0.3) is 5.69 Å². The Morgan fingerprint density at radius 2 is 1.78 bits per heavy atom. The lowest BCUT2D eigenvalue weighted by atomic mass is 10.0. The summed E-state index contributed by atoms with van der Waals surface area (Å²) < 4.78 is 7.20. The molecule has 0 bridgehead atoms. The zero-order valence-corrected chi connectivity index (χ0v) is 18.2. The first-order valence-electron chi connectivity index (χ1n) is 11.0. The van der Waals surface area contributed by atoms with Crippen LogP contribution in [0.15, 0.2) is 67.0 Å². The van der Waals surface area contributed by atoms with E-state index in [1.54, 1.807) is 23.0 Å². The smallest absolute Gasteiger partial charge is 0.253 e. The van der Waals surface area contributed by atoms with Crippen LogP contribution in [-0.4, -0.2) is 52.2 Å². The van der Waals surface area contributed by atoms with Crippen LogP contribution >= 0.6 is 0 Å². The Kier molecular flexibility index (Phi) is 6.84. The Hall–Kier alpha value is -3.61. The second-order valence-electron chi connectivity index (χ2n) is 7.90. The largest absolute Gasteiger partial charge is 0.494 e. The summed E-state index contributed by atoms with van der Waals surface area (Å²) in [5, 5.41) is 7.45. The van der Waals surface area contributed by atoms with Gasteiger partial charge in [-0.15, -0.1) is 0 Å². The van der Waals surface area contributed by atoms with Gasteiger partial charge in [0, 0.05) is 30.9 Å². The van der Waals surface area contributed by atoms with Crippen molar-refractivity contribution in [2.45, 2.75) is 32.2 Å². The van der Waals surface area contributed by atoms with Crippen molar-refractivity contribution in [2.24, 2.45) is 0 Å². The molecule has 2 amide bonds. The third-order valence-electron chi connectivity index (χ3n) is 5.58. The van der Waals surface area contributed by atoms with Gasteiger partial charge < -0.3 is 15.0 Å². The second-order valence-corrected chi connectivity index (χ2v) is 7.90. The highest BCUT2D eigenvalue weighted by Crippen LogP contribution is 2.17. The summed E-state index contributed by atoms with van der Waals surface area (Å²) >= 11 is 0. The number of amides is 2. The molecule has 4 rings (SSSR count). The average Bonchev–Trinajstić information content (AvgIpc) is 3.29. The van der Waals surface area contributed by atoms with Crippen molar-refractivity contribution in [3.8, 4) is 11.4 Å². The maximum absolute atomic E-state index is 12.7. The summed E-state index contributed by atoms with van der Waals surface area (Å²) in [7, 11) is 0. The number of piperidine rings is 1. The highest BCUT2D eigenvalue weighted by atomic mass is 16.5. The number of carbonyl (C=O) groups is 2. The SMILES string of the molecule is CCOc1ccc(C(=O)N2CCC(NC(=O)Cc3cnn(-c4ccccc4)c3)CC2)cc1. The van der Waals surface area contributed by atoms with Gasteiger partial charge in [0.1, 0.15) is 5.75 Å². The molecule has 0 saturated carbocycles. The van der Waals surface area contributed by atoms with Crippen LogP contribution in [0.1, 0.15) is 35.7 Å². The standard InChI is InChI=1S/C25H28N4O3/c1-2-32-23-10-8-20(9-11-23)25(31)28-14-12-21(13-15-28)27-24(30)16-19-17-26-29(18-19)22-6-4-3-5-7-22/h3-11,17-18,21H,2,12-16H2,1H3,(H,27,30). The number of ether oxygens (including phenoxy) is 1. The predicted octanol–water partition coefficient (Wildman–Crippen LogP) is 3.23. The van der Waals surface area contributed by atoms with E-state index in [4.69, 9.17) is 4.74 Å². The van der Waals surface area contributed by atoms with Crippen LogP contribution < -0.4 is 10.1 Å². The molecule has 1 aromatic heterocycles. The average molecular weight is 433 g/mol. The zero-order valence-electron chi connectivity index (χ0n) is 18.2. The predicted molar refractivity (Wildman–Crippen MR) is 122 cm³/mol. The molecule has 7 heteroatoms. The van der Waals surface area contributed by atoms with E-state index in [0.717, 1.165) is 29.8 Å². The summed E-state index contributed by atoms with van der Waals surface area (Å²) in [6.45, 7) is 3.79. The van der Waals surface area contributed by atoms with E-state index in [1.807, 2.05) is 60.5 Å². The Bertz CT molecular complexity index is 1040. The number of hydrogen-bond donors (Lipinski definition) is 1. The fraction of sp³-hybridized carbons (Fsp3) is 0.320. The molecule has 1 N–H and O–H groups in total. The van der Waals surface area contributed by atoms with E-state index < -0.39 is 0 Å². The van der Waals surface area contributed by atoms with Gasteiger partial charge in [0.25, 0.3) is 5.91 Å². The summed E-state index contributed by atoms with van der Waals surface area (Å²) in [6, 6.07) is 17.1. The second kappa shape index (κ2) is 10.1. The molecule has 0 radical (unpaired) electrons. The van der Waals surface area contributed by atoms with Crippen LogP contribution in [0.2, 0.25) is 0 Å². The quantitative estimate of drug-likeness (QED) is 0.622. The number of hydrogen-bond acceptors (Lipinski definition) is 4. The molecule has 166 valence electrons. The van der Waals surface area contributed by atoms with Gasteiger partial charge in [-0.05, 0) is 61.7 Å². The molecule has 0 aliphatic carbocycles. The molecule has 7 nitrogen and oxygen atoms in total. The van der Waals surface area contributed by atoms with E-state index in [9.17, 15) is 9.59 Å². The number of para-hydroxylation sites is 1. The minimum Gasteiger partial charge on any atom is -0.494 e. The third-order valence-corrected chi connectivity index (χ3v) is 5.58. The van der Waals surface area contributed by atoms with E-state index >= 15 is 0 Å². The first-order valence-corrected chi connectivity index (χ1v) is 11.0. The molecular weight excluding hydrogens is 404 g/mol. The van der Waals surface area contributed by atoms with Gasteiger partial charge in [-0.2, -0.15) is 5.10 Å². The van der Waals surface area contributed by atoms with Crippen molar-refractivity contribution >= 4 is 11.8 Å². The summed E-state index contributed by atoms with van der Waals surface area (Å²) in [4.78, 5) is 27.1. The zero-order chi connectivity index (χ0) is 22.3. The molecule has 1 aliphatic heterocycles. The number of benzene rings is 2. The molecule has 1 fully saturated rings. The van der Waals surface area contributed by atoms with E-state index in [1.165, 1.54) is 0 Å². The monoisotopic (exact) mass is 432 g/mol.